The van der Waals surface area contributed by atoms with Gasteiger partial charge in [0.25, 0.3) is 0 Å². The number of thiophene rings is 1. The first-order chi connectivity index (χ1) is 14.5. The molecule has 158 valence electrons. The Morgan fingerprint density at radius 1 is 1.13 bits per heavy atom. The zero-order valence-electron chi connectivity index (χ0n) is 17.8. The Morgan fingerprint density at radius 2 is 1.87 bits per heavy atom. The van der Waals surface area contributed by atoms with Gasteiger partial charge in [-0.1, -0.05) is 61.7 Å². The van der Waals surface area contributed by atoms with E-state index in [9.17, 15) is 9.59 Å². The van der Waals surface area contributed by atoms with Crippen molar-refractivity contribution in [2.24, 2.45) is 0 Å². The number of aryl methyl sites for hydroxylation is 1. The largest absolute Gasteiger partial charge is 0.351 e. The molecule has 0 bridgehead atoms. The average Bonchev–Trinajstić information content (AvgIpc) is 3.26. The number of hydrogen-bond acceptors (Lipinski definition) is 3. The fraction of sp³-hybridized carbons (Fsp3) is 0.440. The molecule has 0 aliphatic heterocycles. The van der Waals surface area contributed by atoms with Crippen LogP contribution in [-0.2, 0) is 16.0 Å². The molecule has 1 aromatic carbocycles. The van der Waals surface area contributed by atoms with Crippen molar-refractivity contribution in [2.45, 2.75) is 70.0 Å². The van der Waals surface area contributed by atoms with Gasteiger partial charge in [-0.05, 0) is 49.3 Å². The first-order valence-corrected chi connectivity index (χ1v) is 11.8. The number of nitrogens with one attached hydrogen (secondary N) is 1. The van der Waals surface area contributed by atoms with Gasteiger partial charge in [-0.25, -0.2) is 0 Å². The molecule has 1 fully saturated rings. The van der Waals surface area contributed by atoms with Crippen molar-refractivity contribution in [2.75, 3.05) is 0 Å². The van der Waals surface area contributed by atoms with Gasteiger partial charge in [-0.15, -0.1) is 11.3 Å². The number of carbonyl (C=O) groups excluding carboxylic acids is 2. The Kier molecular flexibility index (Phi) is 6.09. The summed E-state index contributed by atoms with van der Waals surface area (Å²) in [4.78, 5) is 30.0. The van der Waals surface area contributed by atoms with Gasteiger partial charge >= 0.3 is 0 Å². The van der Waals surface area contributed by atoms with E-state index in [4.69, 9.17) is 0 Å². The third-order valence-electron chi connectivity index (χ3n) is 6.28. The Hall–Kier alpha value is -2.40. The average molecular weight is 423 g/mol. The molecule has 1 atom stereocenters. The second kappa shape index (κ2) is 8.76. The Bertz CT molecular complexity index is 922. The highest BCUT2D eigenvalue weighted by atomic mass is 32.1. The molecule has 1 N–H and O–H groups in total. The van der Waals surface area contributed by atoms with Crippen molar-refractivity contribution < 1.29 is 9.59 Å². The van der Waals surface area contributed by atoms with Gasteiger partial charge in [0.1, 0.15) is 6.04 Å². The second-order valence-corrected chi connectivity index (χ2v) is 9.71. The van der Waals surface area contributed by atoms with Crippen LogP contribution in [0.2, 0.25) is 0 Å². The number of hydrogen-bond donors (Lipinski definition) is 1. The predicted molar refractivity (Wildman–Crippen MR) is 121 cm³/mol. The molecule has 1 saturated carbocycles. The Balaban J connectivity index is 1.67. The maximum atomic E-state index is 13.7. The predicted octanol–water partition coefficient (Wildman–Crippen LogP) is 4.95. The molecule has 0 spiro atoms. The summed E-state index contributed by atoms with van der Waals surface area (Å²) in [5, 5.41) is 5.27. The summed E-state index contributed by atoms with van der Waals surface area (Å²) in [6.45, 7) is 4.03. The monoisotopic (exact) mass is 422 g/mol. The van der Waals surface area contributed by atoms with Crippen molar-refractivity contribution >= 4 is 23.2 Å². The van der Waals surface area contributed by atoms with E-state index in [0.29, 0.717) is 6.42 Å². The van der Waals surface area contributed by atoms with Crippen LogP contribution >= 0.6 is 11.3 Å². The van der Waals surface area contributed by atoms with E-state index in [-0.39, 0.29) is 17.9 Å². The van der Waals surface area contributed by atoms with Crippen LogP contribution in [-0.4, -0.2) is 28.3 Å². The van der Waals surface area contributed by atoms with E-state index in [1.54, 1.807) is 16.2 Å². The van der Waals surface area contributed by atoms with E-state index in [1.807, 2.05) is 67.8 Å². The van der Waals surface area contributed by atoms with Crippen molar-refractivity contribution in [1.29, 1.82) is 0 Å². The highest BCUT2D eigenvalue weighted by Crippen LogP contribution is 2.39. The Morgan fingerprint density at radius 3 is 2.50 bits per heavy atom. The maximum absolute atomic E-state index is 13.7. The highest BCUT2D eigenvalue weighted by molar-refractivity contribution is 7.10. The van der Waals surface area contributed by atoms with Crippen LogP contribution in [0.25, 0.3) is 0 Å². The minimum Gasteiger partial charge on any atom is -0.351 e. The first-order valence-electron chi connectivity index (χ1n) is 10.9. The molecule has 0 radical (unpaired) electrons. The van der Waals surface area contributed by atoms with Crippen molar-refractivity contribution in [1.82, 2.24) is 10.2 Å². The second-order valence-electron chi connectivity index (χ2n) is 8.68. The van der Waals surface area contributed by atoms with Crippen LogP contribution in [0.1, 0.15) is 61.1 Å². The summed E-state index contributed by atoms with van der Waals surface area (Å²) in [6, 6.07) is 11.4. The normalized spacial score (nSPS) is 18.6. The third kappa shape index (κ3) is 4.51. The quantitative estimate of drug-likeness (QED) is 0.642. The molecule has 2 amide bonds. The van der Waals surface area contributed by atoms with Crippen LogP contribution in [0.5, 0.6) is 0 Å². The zero-order chi connectivity index (χ0) is 21.1. The van der Waals surface area contributed by atoms with Crippen molar-refractivity contribution in [3.8, 4) is 0 Å². The minimum atomic E-state index is -0.638. The van der Waals surface area contributed by atoms with Gasteiger partial charge in [0.15, 0.2) is 0 Å². The topological polar surface area (TPSA) is 49.4 Å². The van der Waals surface area contributed by atoms with Crippen LogP contribution in [0.4, 0.5) is 0 Å². The molecular weight excluding hydrogens is 392 g/mol. The van der Waals surface area contributed by atoms with Crippen molar-refractivity contribution in [3.05, 3.63) is 69.9 Å². The molecule has 4 nitrogen and oxygen atoms in total. The molecule has 1 heterocycles. The van der Waals surface area contributed by atoms with E-state index < -0.39 is 11.6 Å². The summed E-state index contributed by atoms with van der Waals surface area (Å²) in [5.41, 5.74) is 1.44. The number of carbonyl (C=O) groups is 2. The lowest BCUT2D eigenvalue weighted by atomic mass is 9.93. The molecule has 5 heteroatoms. The summed E-state index contributed by atoms with van der Waals surface area (Å²) < 4.78 is 0. The van der Waals surface area contributed by atoms with Gasteiger partial charge in [-0.3, -0.25) is 9.59 Å². The number of amides is 2. The van der Waals surface area contributed by atoms with Crippen LogP contribution in [0, 0.1) is 6.92 Å². The standard InChI is InChI=1S/C25H30N2O2S/c1-18-9-6-7-13-21(18)23(24(29)26-19-10-4-3-5-11-19)27(25(2)14-15-25)22(28)17-20-12-8-16-30-20/h6-9,12-16,19,23H,3-5,10-11,17H2,1-2H3,(H,26,29). The molecule has 2 aliphatic carbocycles. The molecule has 1 unspecified atom stereocenters. The lowest BCUT2D eigenvalue weighted by Gasteiger charge is -2.38. The summed E-state index contributed by atoms with van der Waals surface area (Å²) >= 11 is 1.58. The molecule has 4 rings (SSSR count). The summed E-state index contributed by atoms with van der Waals surface area (Å²) in [5.74, 6) is -0.0809. The highest BCUT2D eigenvalue weighted by Gasteiger charge is 2.46. The molecule has 2 aliphatic rings. The van der Waals surface area contributed by atoms with Gasteiger partial charge < -0.3 is 10.2 Å². The summed E-state index contributed by atoms with van der Waals surface area (Å²) in [7, 11) is 0. The van der Waals surface area contributed by atoms with Gasteiger partial charge in [-0.2, -0.15) is 0 Å². The fourth-order valence-electron chi connectivity index (χ4n) is 4.44. The molecule has 1 aromatic heterocycles. The molecular formula is C25H30N2O2S. The molecule has 2 aromatic rings. The SMILES string of the molecule is Cc1ccccc1C(C(=O)NC1CCCCC1)N(C(=O)Cc1cccs1)C1(C)C=C1. The third-order valence-corrected chi connectivity index (χ3v) is 7.16. The lowest BCUT2D eigenvalue weighted by molar-refractivity contribution is -0.143. The van der Waals surface area contributed by atoms with E-state index in [1.165, 1.54) is 6.42 Å². The number of benzene rings is 1. The van der Waals surface area contributed by atoms with Gasteiger partial charge in [0.05, 0.1) is 12.0 Å². The van der Waals surface area contributed by atoms with E-state index >= 15 is 0 Å². The van der Waals surface area contributed by atoms with Gasteiger partial charge in [0, 0.05) is 10.9 Å². The number of rotatable bonds is 7. The van der Waals surface area contributed by atoms with Gasteiger partial charge in [0.2, 0.25) is 11.8 Å². The van der Waals surface area contributed by atoms with E-state index in [2.05, 4.69) is 5.32 Å². The zero-order valence-corrected chi connectivity index (χ0v) is 18.6. The fourth-order valence-corrected chi connectivity index (χ4v) is 5.13. The smallest absolute Gasteiger partial charge is 0.247 e. The summed E-state index contributed by atoms with van der Waals surface area (Å²) in [6.07, 6.45) is 9.92. The number of nitrogens with zero attached hydrogens (tertiary/aromatic N) is 1. The van der Waals surface area contributed by atoms with Crippen molar-refractivity contribution in [3.63, 3.8) is 0 Å². The maximum Gasteiger partial charge on any atom is 0.247 e. The Labute approximate surface area is 183 Å². The molecule has 30 heavy (non-hydrogen) atoms. The van der Waals surface area contributed by atoms with Crippen LogP contribution in [0.15, 0.2) is 53.9 Å². The minimum absolute atomic E-state index is 0.0167. The van der Waals surface area contributed by atoms with Crippen LogP contribution < -0.4 is 5.32 Å². The molecule has 0 saturated heterocycles. The van der Waals surface area contributed by atoms with E-state index in [0.717, 1.165) is 41.7 Å². The lowest BCUT2D eigenvalue weighted by Crippen LogP contribution is -2.52. The van der Waals surface area contributed by atoms with Crippen LogP contribution in [0.3, 0.4) is 0 Å². The first kappa shape index (κ1) is 20.9.